The minimum atomic E-state index is -0.711. The van der Waals surface area contributed by atoms with Gasteiger partial charge in [0.15, 0.2) is 0 Å². The Morgan fingerprint density at radius 2 is 1.67 bits per heavy atom. The number of anilines is 1. The van der Waals surface area contributed by atoms with Crippen LogP contribution in [-0.2, 0) is 9.59 Å². The number of halogens is 2. The molecule has 24 heavy (non-hydrogen) atoms. The summed E-state index contributed by atoms with van der Waals surface area (Å²) in [5.74, 6) is -0.676. The van der Waals surface area contributed by atoms with Gasteiger partial charge in [0.25, 0.3) is 0 Å². The summed E-state index contributed by atoms with van der Waals surface area (Å²) in [6.07, 6.45) is 3.95. The molecular weight excluding hydrogens is 347 g/mol. The van der Waals surface area contributed by atoms with E-state index >= 15 is 0 Å². The summed E-state index contributed by atoms with van der Waals surface area (Å²) >= 11 is 11.8. The van der Waals surface area contributed by atoms with E-state index in [4.69, 9.17) is 23.2 Å². The van der Waals surface area contributed by atoms with Gasteiger partial charge in [-0.25, -0.2) is 0 Å². The van der Waals surface area contributed by atoms with Crippen LogP contribution >= 0.6 is 23.2 Å². The molecule has 0 bridgehead atoms. The minimum Gasteiger partial charge on any atom is -0.345 e. The molecule has 0 aliphatic heterocycles. The molecule has 6 heteroatoms. The second kappa shape index (κ2) is 7.75. The molecule has 0 aromatic heterocycles. The van der Waals surface area contributed by atoms with E-state index in [1.165, 1.54) is 6.07 Å². The van der Waals surface area contributed by atoms with Gasteiger partial charge in [-0.05, 0) is 55.2 Å². The van der Waals surface area contributed by atoms with Crippen molar-refractivity contribution in [2.45, 2.75) is 52.5 Å². The Morgan fingerprint density at radius 3 is 2.21 bits per heavy atom. The molecule has 0 saturated heterocycles. The molecule has 0 spiro atoms. The highest BCUT2D eigenvalue weighted by atomic mass is 35.5. The quantitative estimate of drug-likeness (QED) is 0.744. The van der Waals surface area contributed by atoms with Crippen molar-refractivity contribution in [1.82, 2.24) is 5.32 Å². The summed E-state index contributed by atoms with van der Waals surface area (Å²) in [6.45, 7) is 6.75. The van der Waals surface area contributed by atoms with Crippen LogP contribution in [0.15, 0.2) is 18.2 Å². The molecule has 0 atom stereocenters. The summed E-state index contributed by atoms with van der Waals surface area (Å²) in [4.78, 5) is 24.1. The highest BCUT2D eigenvalue weighted by Gasteiger charge is 2.31. The van der Waals surface area contributed by atoms with Gasteiger partial charge in [0.2, 0.25) is 0 Å². The Hall–Kier alpha value is -1.26. The fourth-order valence-corrected chi connectivity index (χ4v) is 3.58. The maximum absolute atomic E-state index is 12.1. The molecule has 1 fully saturated rings. The lowest BCUT2D eigenvalue weighted by Gasteiger charge is -2.37. The first kappa shape index (κ1) is 19.1. The van der Waals surface area contributed by atoms with Crippen LogP contribution in [0, 0.1) is 11.3 Å². The van der Waals surface area contributed by atoms with Crippen molar-refractivity contribution >= 4 is 40.7 Å². The summed E-state index contributed by atoms with van der Waals surface area (Å²) in [7, 11) is 0. The molecule has 0 unspecified atom stereocenters. The van der Waals surface area contributed by atoms with Crippen molar-refractivity contribution < 1.29 is 9.59 Å². The van der Waals surface area contributed by atoms with Crippen LogP contribution in [0.4, 0.5) is 5.69 Å². The highest BCUT2D eigenvalue weighted by Crippen LogP contribution is 2.37. The van der Waals surface area contributed by atoms with Gasteiger partial charge in [0.05, 0.1) is 10.7 Å². The number of carbonyl (C=O) groups excluding carboxylic acids is 2. The van der Waals surface area contributed by atoms with Crippen LogP contribution in [0.5, 0.6) is 0 Å². The maximum atomic E-state index is 12.1. The Labute approximate surface area is 153 Å². The lowest BCUT2D eigenvalue weighted by Crippen LogP contribution is -2.44. The first-order chi connectivity index (χ1) is 11.2. The van der Waals surface area contributed by atoms with Gasteiger partial charge in [0, 0.05) is 11.1 Å². The van der Waals surface area contributed by atoms with E-state index in [-0.39, 0.29) is 11.5 Å². The Morgan fingerprint density at radius 1 is 1.04 bits per heavy atom. The molecule has 132 valence electrons. The zero-order chi connectivity index (χ0) is 17.9. The fraction of sp³-hybridized carbons (Fsp3) is 0.556. The molecule has 2 N–H and O–H groups in total. The highest BCUT2D eigenvalue weighted by molar-refractivity contribution is 6.42. The van der Waals surface area contributed by atoms with Gasteiger partial charge in [-0.3, -0.25) is 9.59 Å². The van der Waals surface area contributed by atoms with E-state index in [1.807, 2.05) is 0 Å². The van der Waals surface area contributed by atoms with Crippen LogP contribution in [0.3, 0.4) is 0 Å². The SMILES string of the molecule is CC(C)(C)C1CCC(NC(=O)C(=O)Nc2ccc(Cl)cc2Cl)CC1. The smallest absolute Gasteiger partial charge is 0.313 e. The van der Waals surface area contributed by atoms with Gasteiger partial charge in [-0.2, -0.15) is 0 Å². The van der Waals surface area contributed by atoms with Crippen LogP contribution in [0.25, 0.3) is 0 Å². The van der Waals surface area contributed by atoms with Crippen molar-refractivity contribution in [3.8, 4) is 0 Å². The largest absolute Gasteiger partial charge is 0.345 e. The number of carbonyl (C=O) groups is 2. The van der Waals surface area contributed by atoms with Gasteiger partial charge in [0.1, 0.15) is 0 Å². The molecule has 0 radical (unpaired) electrons. The molecule has 1 aromatic carbocycles. The molecule has 0 heterocycles. The lowest BCUT2D eigenvalue weighted by atomic mass is 9.71. The topological polar surface area (TPSA) is 58.2 Å². The van der Waals surface area contributed by atoms with Crippen molar-refractivity contribution in [2.24, 2.45) is 11.3 Å². The van der Waals surface area contributed by atoms with E-state index in [0.717, 1.165) is 25.7 Å². The van der Waals surface area contributed by atoms with E-state index in [0.29, 0.717) is 21.7 Å². The second-order valence-corrected chi connectivity index (χ2v) is 8.31. The second-order valence-electron chi connectivity index (χ2n) is 7.47. The number of hydrogen-bond donors (Lipinski definition) is 2. The molecule has 1 aliphatic rings. The third-order valence-electron chi connectivity index (χ3n) is 4.67. The molecule has 2 amide bonds. The molecular formula is C18H24Cl2N2O2. The van der Waals surface area contributed by atoms with Crippen molar-refractivity contribution in [3.05, 3.63) is 28.2 Å². The van der Waals surface area contributed by atoms with Crippen LogP contribution in [0.1, 0.15) is 46.5 Å². The van der Waals surface area contributed by atoms with E-state index in [1.54, 1.807) is 12.1 Å². The number of hydrogen-bond acceptors (Lipinski definition) is 2. The summed E-state index contributed by atoms with van der Waals surface area (Å²) in [5.41, 5.74) is 0.662. The van der Waals surface area contributed by atoms with Crippen LogP contribution in [-0.4, -0.2) is 17.9 Å². The van der Waals surface area contributed by atoms with Gasteiger partial charge < -0.3 is 10.6 Å². The minimum absolute atomic E-state index is 0.0579. The third-order valence-corrected chi connectivity index (χ3v) is 5.22. The number of amides is 2. The summed E-state index contributed by atoms with van der Waals surface area (Å²) in [5, 5.41) is 6.11. The normalized spacial score (nSPS) is 21.2. The Kier molecular flexibility index (Phi) is 6.16. The predicted octanol–water partition coefficient (Wildman–Crippen LogP) is 4.65. The average molecular weight is 371 g/mol. The number of rotatable bonds is 2. The summed E-state index contributed by atoms with van der Waals surface area (Å²) in [6, 6.07) is 4.76. The van der Waals surface area contributed by atoms with Gasteiger partial charge >= 0.3 is 11.8 Å². The third kappa shape index (κ3) is 5.12. The monoisotopic (exact) mass is 370 g/mol. The average Bonchev–Trinajstić information content (AvgIpc) is 2.49. The van der Waals surface area contributed by atoms with Crippen molar-refractivity contribution in [3.63, 3.8) is 0 Å². The number of benzene rings is 1. The van der Waals surface area contributed by atoms with Crippen LogP contribution in [0.2, 0.25) is 10.0 Å². The van der Waals surface area contributed by atoms with Gasteiger partial charge in [-0.15, -0.1) is 0 Å². The zero-order valence-corrected chi connectivity index (χ0v) is 15.8. The van der Waals surface area contributed by atoms with E-state index in [9.17, 15) is 9.59 Å². The first-order valence-corrected chi connectivity index (χ1v) is 8.99. The molecule has 1 aliphatic carbocycles. The van der Waals surface area contributed by atoms with Crippen molar-refractivity contribution in [1.29, 1.82) is 0 Å². The molecule has 1 aromatic rings. The Balaban J connectivity index is 1.85. The van der Waals surface area contributed by atoms with Crippen molar-refractivity contribution in [2.75, 3.05) is 5.32 Å². The number of nitrogens with one attached hydrogen (secondary N) is 2. The standard InChI is InChI=1S/C18H24Cl2N2O2/c1-18(2,3)11-4-7-13(8-5-11)21-16(23)17(24)22-15-9-6-12(19)10-14(15)20/h6,9-11,13H,4-5,7-8H2,1-3H3,(H,21,23)(H,22,24). The maximum Gasteiger partial charge on any atom is 0.313 e. The Bertz CT molecular complexity index is 618. The molecule has 4 nitrogen and oxygen atoms in total. The van der Waals surface area contributed by atoms with Gasteiger partial charge in [-0.1, -0.05) is 44.0 Å². The molecule has 2 rings (SSSR count). The first-order valence-electron chi connectivity index (χ1n) is 8.23. The van der Waals surface area contributed by atoms with E-state index < -0.39 is 11.8 Å². The fourth-order valence-electron chi connectivity index (χ4n) is 3.12. The molecule has 1 saturated carbocycles. The lowest BCUT2D eigenvalue weighted by molar-refractivity contribution is -0.136. The van der Waals surface area contributed by atoms with Crippen LogP contribution < -0.4 is 10.6 Å². The zero-order valence-electron chi connectivity index (χ0n) is 14.3. The summed E-state index contributed by atoms with van der Waals surface area (Å²) < 4.78 is 0. The predicted molar refractivity (Wildman–Crippen MR) is 98.4 cm³/mol. The van der Waals surface area contributed by atoms with E-state index in [2.05, 4.69) is 31.4 Å².